The van der Waals surface area contributed by atoms with Gasteiger partial charge in [-0.15, -0.1) is 0 Å². The maximum absolute atomic E-state index is 14.0. The highest BCUT2D eigenvalue weighted by molar-refractivity contribution is 7.89. The Kier molecular flexibility index (Phi) is 5.01. The van der Waals surface area contributed by atoms with Crippen LogP contribution in [0.2, 0.25) is 0 Å². The van der Waals surface area contributed by atoms with Gasteiger partial charge < -0.3 is 5.32 Å². The first-order valence-electron chi connectivity index (χ1n) is 7.31. The number of sulfonamides is 1. The zero-order valence-corrected chi connectivity index (χ0v) is 13.6. The van der Waals surface area contributed by atoms with Crippen LogP contribution in [0.25, 0.3) is 0 Å². The number of nitrogens with zero attached hydrogens (tertiary/aromatic N) is 1. The van der Waals surface area contributed by atoms with E-state index in [-0.39, 0.29) is 10.9 Å². The molecule has 1 aliphatic rings. The van der Waals surface area contributed by atoms with E-state index < -0.39 is 15.8 Å². The molecule has 1 aliphatic heterocycles. The average Bonchev–Trinajstić information content (AvgIpc) is 2.40. The van der Waals surface area contributed by atoms with Crippen LogP contribution in [0, 0.1) is 11.7 Å². The van der Waals surface area contributed by atoms with Gasteiger partial charge in [0.2, 0.25) is 10.0 Å². The Hall–Kier alpha value is -0.980. The van der Waals surface area contributed by atoms with Crippen molar-refractivity contribution in [3.8, 4) is 0 Å². The Morgan fingerprint density at radius 3 is 2.71 bits per heavy atom. The molecule has 0 radical (unpaired) electrons. The van der Waals surface area contributed by atoms with Crippen LogP contribution in [0.5, 0.6) is 0 Å². The second-order valence-corrected chi connectivity index (χ2v) is 7.75. The SMILES string of the molecule is CNCc1ccc(F)c(S(=O)(=O)N2CCC(C)CC2C)c1. The summed E-state index contributed by atoms with van der Waals surface area (Å²) >= 11 is 0. The Morgan fingerprint density at radius 2 is 2.10 bits per heavy atom. The minimum Gasteiger partial charge on any atom is -0.316 e. The van der Waals surface area contributed by atoms with Crippen molar-refractivity contribution in [1.29, 1.82) is 0 Å². The van der Waals surface area contributed by atoms with Gasteiger partial charge in [-0.1, -0.05) is 13.0 Å². The lowest BCUT2D eigenvalue weighted by Crippen LogP contribution is -2.44. The smallest absolute Gasteiger partial charge is 0.246 e. The lowest BCUT2D eigenvalue weighted by Gasteiger charge is -2.35. The molecule has 0 bridgehead atoms. The molecule has 6 heteroatoms. The first-order chi connectivity index (χ1) is 9.86. The fourth-order valence-electron chi connectivity index (χ4n) is 2.93. The lowest BCUT2D eigenvalue weighted by molar-refractivity contribution is 0.219. The van der Waals surface area contributed by atoms with E-state index in [1.54, 1.807) is 13.1 Å². The Labute approximate surface area is 126 Å². The summed E-state index contributed by atoms with van der Waals surface area (Å²) in [6.45, 7) is 4.98. The van der Waals surface area contributed by atoms with Gasteiger partial charge in [0.25, 0.3) is 0 Å². The molecule has 0 aliphatic carbocycles. The third kappa shape index (κ3) is 3.44. The molecule has 1 fully saturated rings. The minimum absolute atomic E-state index is 0.0916. The van der Waals surface area contributed by atoms with Crippen LogP contribution in [-0.4, -0.2) is 32.4 Å². The number of rotatable bonds is 4. The summed E-state index contributed by atoms with van der Waals surface area (Å²) in [4.78, 5) is -0.211. The van der Waals surface area contributed by atoms with Crippen LogP contribution in [0.15, 0.2) is 23.1 Å². The summed E-state index contributed by atoms with van der Waals surface area (Å²) in [6, 6.07) is 4.18. The largest absolute Gasteiger partial charge is 0.316 e. The highest BCUT2D eigenvalue weighted by Crippen LogP contribution is 2.29. The monoisotopic (exact) mass is 314 g/mol. The Balaban J connectivity index is 2.37. The number of halogens is 1. The van der Waals surface area contributed by atoms with Gasteiger partial charge in [-0.3, -0.25) is 0 Å². The molecule has 0 saturated carbocycles. The number of hydrogen-bond donors (Lipinski definition) is 1. The molecule has 118 valence electrons. The van der Waals surface area contributed by atoms with E-state index in [2.05, 4.69) is 12.2 Å². The van der Waals surface area contributed by atoms with Gasteiger partial charge in [0.1, 0.15) is 10.7 Å². The van der Waals surface area contributed by atoms with E-state index >= 15 is 0 Å². The molecule has 2 rings (SSSR count). The zero-order chi connectivity index (χ0) is 15.6. The van der Waals surface area contributed by atoms with E-state index in [4.69, 9.17) is 0 Å². The highest BCUT2D eigenvalue weighted by atomic mass is 32.2. The van der Waals surface area contributed by atoms with Crippen LogP contribution in [0.4, 0.5) is 4.39 Å². The first-order valence-corrected chi connectivity index (χ1v) is 8.75. The molecule has 1 aromatic rings. The fourth-order valence-corrected chi connectivity index (χ4v) is 4.70. The number of nitrogens with one attached hydrogen (secondary N) is 1. The quantitative estimate of drug-likeness (QED) is 0.928. The van der Waals surface area contributed by atoms with Gasteiger partial charge >= 0.3 is 0 Å². The molecular weight excluding hydrogens is 291 g/mol. The van der Waals surface area contributed by atoms with Crippen LogP contribution >= 0.6 is 0 Å². The van der Waals surface area contributed by atoms with Gasteiger partial charge in [0.15, 0.2) is 0 Å². The Morgan fingerprint density at radius 1 is 1.38 bits per heavy atom. The lowest BCUT2D eigenvalue weighted by atomic mass is 9.95. The number of piperidine rings is 1. The summed E-state index contributed by atoms with van der Waals surface area (Å²) in [5.41, 5.74) is 0.760. The van der Waals surface area contributed by atoms with Crippen LogP contribution in [0.1, 0.15) is 32.3 Å². The second kappa shape index (κ2) is 6.42. The van der Waals surface area contributed by atoms with E-state index in [0.29, 0.717) is 19.0 Å². The van der Waals surface area contributed by atoms with Crippen molar-refractivity contribution < 1.29 is 12.8 Å². The maximum atomic E-state index is 14.0. The molecule has 4 nitrogen and oxygen atoms in total. The van der Waals surface area contributed by atoms with Gasteiger partial charge in [0.05, 0.1) is 0 Å². The topological polar surface area (TPSA) is 49.4 Å². The summed E-state index contributed by atoms with van der Waals surface area (Å²) in [5.74, 6) is -0.174. The second-order valence-electron chi connectivity index (χ2n) is 5.89. The van der Waals surface area contributed by atoms with Crippen molar-refractivity contribution in [2.45, 2.75) is 44.2 Å². The van der Waals surface area contributed by atoms with Gasteiger partial charge in [-0.05, 0) is 50.4 Å². The molecule has 1 N–H and O–H groups in total. The summed E-state index contributed by atoms with van der Waals surface area (Å²) < 4.78 is 41.0. The Bertz CT molecular complexity index is 604. The molecule has 0 aromatic heterocycles. The van der Waals surface area contributed by atoms with Crippen molar-refractivity contribution in [3.63, 3.8) is 0 Å². The van der Waals surface area contributed by atoms with E-state index in [0.717, 1.165) is 18.4 Å². The molecule has 1 heterocycles. The third-order valence-electron chi connectivity index (χ3n) is 4.04. The first kappa shape index (κ1) is 16.4. The maximum Gasteiger partial charge on any atom is 0.246 e. The molecule has 21 heavy (non-hydrogen) atoms. The van der Waals surface area contributed by atoms with Crippen molar-refractivity contribution in [3.05, 3.63) is 29.6 Å². The number of hydrogen-bond acceptors (Lipinski definition) is 3. The fraction of sp³-hybridized carbons (Fsp3) is 0.600. The van der Waals surface area contributed by atoms with Crippen molar-refractivity contribution >= 4 is 10.0 Å². The molecular formula is C15H23FN2O2S. The summed E-state index contributed by atoms with van der Waals surface area (Å²) in [6.07, 6.45) is 1.64. The van der Waals surface area contributed by atoms with Gasteiger partial charge in [0, 0.05) is 19.1 Å². The average molecular weight is 314 g/mol. The van der Waals surface area contributed by atoms with Crippen LogP contribution in [-0.2, 0) is 16.6 Å². The molecule has 1 aromatic carbocycles. The molecule has 0 amide bonds. The molecule has 2 atom stereocenters. The molecule has 0 spiro atoms. The van der Waals surface area contributed by atoms with Gasteiger partial charge in [-0.25, -0.2) is 12.8 Å². The van der Waals surface area contributed by atoms with Crippen molar-refractivity contribution in [1.82, 2.24) is 9.62 Å². The number of benzene rings is 1. The molecule has 1 saturated heterocycles. The summed E-state index contributed by atoms with van der Waals surface area (Å²) in [5, 5.41) is 2.95. The van der Waals surface area contributed by atoms with E-state index in [1.807, 2.05) is 6.92 Å². The van der Waals surface area contributed by atoms with Crippen LogP contribution < -0.4 is 5.32 Å². The third-order valence-corrected chi connectivity index (χ3v) is 6.07. The minimum atomic E-state index is -3.78. The highest BCUT2D eigenvalue weighted by Gasteiger charge is 2.34. The normalized spacial score (nSPS) is 24.2. The van der Waals surface area contributed by atoms with Crippen molar-refractivity contribution in [2.75, 3.05) is 13.6 Å². The standard InChI is InChI=1S/C15H23FN2O2S/c1-11-6-7-18(12(2)8-11)21(19,20)15-9-13(10-17-3)4-5-14(15)16/h4-5,9,11-12,17H,6-8,10H2,1-3H3. The summed E-state index contributed by atoms with van der Waals surface area (Å²) in [7, 11) is -2.01. The van der Waals surface area contributed by atoms with E-state index in [1.165, 1.54) is 16.4 Å². The zero-order valence-electron chi connectivity index (χ0n) is 12.8. The van der Waals surface area contributed by atoms with Crippen molar-refractivity contribution in [2.24, 2.45) is 5.92 Å². The molecule has 2 unspecified atom stereocenters. The van der Waals surface area contributed by atoms with Gasteiger partial charge in [-0.2, -0.15) is 4.31 Å². The van der Waals surface area contributed by atoms with Crippen LogP contribution in [0.3, 0.4) is 0 Å². The predicted octanol–water partition coefficient (Wildman–Crippen LogP) is 2.35. The predicted molar refractivity (Wildman–Crippen MR) is 80.9 cm³/mol. The van der Waals surface area contributed by atoms with E-state index in [9.17, 15) is 12.8 Å².